The molecule has 0 N–H and O–H groups in total. The third kappa shape index (κ3) is 4.19. The van der Waals surface area contributed by atoms with Crippen molar-refractivity contribution in [2.45, 2.75) is 0 Å². The van der Waals surface area contributed by atoms with Crippen LogP contribution in [-0.2, 0) is 0 Å². The molecule has 0 saturated carbocycles. The Hall–Kier alpha value is -5.88. The number of nitrogens with zero attached hydrogens (tertiary/aromatic N) is 10. The van der Waals surface area contributed by atoms with Gasteiger partial charge in [0.15, 0.2) is 46.0 Å². The van der Waals surface area contributed by atoms with Crippen molar-refractivity contribution in [3.8, 4) is 12.1 Å². The highest BCUT2D eigenvalue weighted by atomic mass is 16.2. The average Bonchev–Trinajstić information content (AvgIpc) is 2.98. The topological polar surface area (TPSA) is 146 Å². The van der Waals surface area contributed by atoms with Gasteiger partial charge in [0.05, 0.1) is 0 Å². The monoisotopic (exact) mass is 530 g/mol. The molecular weight excluding hydrogens is 508 g/mol. The number of hydrogen-bond donors (Lipinski definition) is 0. The number of para-hydroxylation sites is 2. The van der Waals surface area contributed by atoms with Crippen LogP contribution >= 0.6 is 0 Å². The fourth-order valence-corrected chi connectivity index (χ4v) is 4.16. The number of carbonyl (C=O) groups is 2. The zero-order valence-electron chi connectivity index (χ0n) is 22.1. The number of benzene rings is 2. The Balaban J connectivity index is 1.94. The second kappa shape index (κ2) is 10.1. The fourth-order valence-electron chi connectivity index (χ4n) is 4.16. The molecule has 40 heavy (non-hydrogen) atoms. The largest absolute Gasteiger partial charge is 0.343 e. The normalized spacial score (nSPS) is 11.6. The summed E-state index contributed by atoms with van der Waals surface area (Å²) in [7, 11) is 6.23. The number of aromatic nitrogens is 4. The highest BCUT2D eigenvalue weighted by molar-refractivity contribution is 6.07. The van der Waals surface area contributed by atoms with Gasteiger partial charge < -0.3 is 9.80 Å². The van der Waals surface area contributed by atoms with E-state index >= 15 is 0 Å². The van der Waals surface area contributed by atoms with E-state index in [2.05, 4.69) is 9.97 Å². The van der Waals surface area contributed by atoms with Crippen LogP contribution in [0.25, 0.3) is 0 Å². The number of hydrogen-bond acceptors (Lipinski definition) is 10. The molecule has 5 rings (SSSR count). The van der Waals surface area contributed by atoms with Gasteiger partial charge in [0.2, 0.25) is 0 Å². The van der Waals surface area contributed by atoms with Crippen LogP contribution in [0.4, 0.5) is 34.6 Å². The lowest BCUT2D eigenvalue weighted by Crippen LogP contribution is -2.34. The Bertz CT molecular complexity index is 1600. The summed E-state index contributed by atoms with van der Waals surface area (Å²) in [6, 6.07) is 22.0. The summed E-state index contributed by atoms with van der Waals surface area (Å²) in [5, 5.41) is 19.5. The van der Waals surface area contributed by atoms with Gasteiger partial charge in [-0.3, -0.25) is 19.4 Å². The van der Waals surface area contributed by atoms with Crippen molar-refractivity contribution >= 4 is 46.5 Å². The number of carbonyl (C=O) groups excluding carboxylic acids is 2. The third-order valence-electron chi connectivity index (χ3n) is 6.02. The predicted octanol–water partition coefficient (Wildman–Crippen LogP) is 3.67. The second-order valence-electron chi connectivity index (χ2n) is 9.10. The highest BCUT2D eigenvalue weighted by Gasteiger charge is 2.39. The van der Waals surface area contributed by atoms with Crippen LogP contribution < -0.4 is 9.80 Å². The van der Waals surface area contributed by atoms with E-state index in [1.165, 1.54) is 9.80 Å². The van der Waals surface area contributed by atoms with Gasteiger partial charge in [-0.05, 0) is 24.3 Å². The number of fused-ring (bicyclic) bond motifs is 2. The Labute approximate surface area is 230 Å². The van der Waals surface area contributed by atoms with E-state index in [1.54, 1.807) is 62.3 Å². The average molecular weight is 531 g/mol. The number of rotatable bonds is 4. The molecule has 12 heteroatoms. The second-order valence-corrected chi connectivity index (χ2v) is 9.10. The molecule has 0 spiro atoms. The lowest BCUT2D eigenvalue weighted by Gasteiger charge is -2.37. The minimum Gasteiger partial charge on any atom is -0.343 e. The first-order valence-corrected chi connectivity index (χ1v) is 12.0. The van der Waals surface area contributed by atoms with Crippen molar-refractivity contribution in [2.75, 3.05) is 38.0 Å². The van der Waals surface area contributed by atoms with Crippen LogP contribution in [0.3, 0.4) is 0 Å². The minimum absolute atomic E-state index is 0.151. The Kier molecular flexibility index (Phi) is 6.51. The summed E-state index contributed by atoms with van der Waals surface area (Å²) in [6.07, 6.45) is 0. The van der Waals surface area contributed by atoms with Gasteiger partial charge >= 0.3 is 0 Å². The van der Waals surface area contributed by atoms with Gasteiger partial charge in [-0.1, -0.05) is 36.4 Å². The van der Waals surface area contributed by atoms with Crippen molar-refractivity contribution in [1.29, 1.82) is 10.5 Å². The summed E-state index contributed by atoms with van der Waals surface area (Å²) < 4.78 is 0. The van der Waals surface area contributed by atoms with Gasteiger partial charge in [-0.2, -0.15) is 10.5 Å². The van der Waals surface area contributed by atoms with E-state index in [4.69, 9.17) is 9.97 Å². The maximum absolute atomic E-state index is 13.3. The molecule has 0 unspecified atom stereocenters. The first kappa shape index (κ1) is 25.8. The van der Waals surface area contributed by atoms with Crippen LogP contribution in [-0.4, -0.2) is 69.7 Å². The molecule has 196 valence electrons. The minimum atomic E-state index is -0.519. The van der Waals surface area contributed by atoms with Crippen molar-refractivity contribution in [1.82, 2.24) is 29.7 Å². The van der Waals surface area contributed by atoms with Gasteiger partial charge in [0.25, 0.3) is 11.8 Å². The zero-order valence-corrected chi connectivity index (χ0v) is 22.1. The van der Waals surface area contributed by atoms with Crippen molar-refractivity contribution in [2.24, 2.45) is 0 Å². The molecule has 1 aliphatic rings. The standard InChI is InChI=1S/C28H22N10O2/c1-35(2)27(39)21-22(28(40)36(3)4)34-26-25(33-21)37(17-11-7-5-8-12-17)23-24(32-20(16-30)19(15-29)31-23)38(26)18-13-9-6-10-14-18/h5-14H,1-4H3. The van der Waals surface area contributed by atoms with E-state index in [0.717, 1.165) is 0 Å². The first-order chi connectivity index (χ1) is 19.3. The summed E-state index contributed by atoms with van der Waals surface area (Å²) in [5.74, 6) is -0.273. The van der Waals surface area contributed by atoms with Crippen LogP contribution in [0, 0.1) is 22.7 Å². The summed E-state index contributed by atoms with van der Waals surface area (Å²) >= 11 is 0. The number of nitriles is 2. The van der Waals surface area contributed by atoms with Gasteiger partial charge in [0.1, 0.15) is 12.1 Å². The summed E-state index contributed by atoms with van der Waals surface area (Å²) in [5.41, 5.74) is 0.532. The van der Waals surface area contributed by atoms with Crippen LogP contribution in [0.5, 0.6) is 0 Å². The van der Waals surface area contributed by atoms with Crippen LogP contribution in [0.15, 0.2) is 60.7 Å². The Morgan fingerprint density at radius 1 is 0.600 bits per heavy atom. The van der Waals surface area contributed by atoms with E-state index in [0.29, 0.717) is 11.4 Å². The molecule has 0 bridgehead atoms. The summed E-state index contributed by atoms with van der Waals surface area (Å²) in [6.45, 7) is 0. The quantitative estimate of drug-likeness (QED) is 0.337. The predicted molar refractivity (Wildman–Crippen MR) is 146 cm³/mol. The molecule has 1 aliphatic heterocycles. The molecule has 0 atom stereocenters. The first-order valence-electron chi connectivity index (χ1n) is 12.0. The number of anilines is 6. The lowest BCUT2D eigenvalue weighted by molar-refractivity contribution is 0.0781. The zero-order chi connectivity index (χ0) is 28.6. The van der Waals surface area contributed by atoms with Crippen LogP contribution in [0.2, 0.25) is 0 Å². The SMILES string of the molecule is CN(C)C(=O)c1nc2c(nc1C(=O)N(C)C)N(c1ccccc1)c1nc(C#N)c(C#N)nc1N2c1ccccc1. The lowest BCUT2D eigenvalue weighted by atomic mass is 10.1. The van der Waals surface area contributed by atoms with Crippen molar-refractivity contribution in [3.63, 3.8) is 0 Å². The van der Waals surface area contributed by atoms with Gasteiger partial charge in [0, 0.05) is 39.6 Å². The molecule has 2 aromatic heterocycles. The Morgan fingerprint density at radius 2 is 0.925 bits per heavy atom. The third-order valence-corrected chi connectivity index (χ3v) is 6.02. The molecule has 0 radical (unpaired) electrons. The van der Waals surface area contributed by atoms with Crippen molar-refractivity contribution < 1.29 is 9.59 Å². The van der Waals surface area contributed by atoms with Gasteiger partial charge in [-0.25, -0.2) is 19.9 Å². The van der Waals surface area contributed by atoms with E-state index in [-0.39, 0.29) is 46.0 Å². The van der Waals surface area contributed by atoms with Gasteiger partial charge in [-0.15, -0.1) is 0 Å². The molecular formula is C28H22N10O2. The molecule has 0 aliphatic carbocycles. The highest BCUT2D eigenvalue weighted by Crippen LogP contribution is 2.51. The van der Waals surface area contributed by atoms with E-state index < -0.39 is 11.8 Å². The maximum atomic E-state index is 13.3. The van der Waals surface area contributed by atoms with Crippen molar-refractivity contribution in [3.05, 3.63) is 83.4 Å². The number of amides is 2. The van der Waals surface area contributed by atoms with Crippen LogP contribution in [0.1, 0.15) is 32.4 Å². The molecule has 12 nitrogen and oxygen atoms in total. The molecule has 3 heterocycles. The maximum Gasteiger partial charge on any atom is 0.274 e. The summed E-state index contributed by atoms with van der Waals surface area (Å²) in [4.78, 5) is 51.0. The molecule has 2 aromatic carbocycles. The molecule has 2 amide bonds. The smallest absolute Gasteiger partial charge is 0.274 e. The van der Waals surface area contributed by atoms with E-state index in [9.17, 15) is 20.1 Å². The Morgan fingerprint density at radius 3 is 1.23 bits per heavy atom. The molecule has 0 fully saturated rings. The molecule has 0 saturated heterocycles. The fraction of sp³-hybridized carbons (Fsp3) is 0.143. The molecule has 4 aromatic rings. The van der Waals surface area contributed by atoms with E-state index in [1.807, 2.05) is 48.5 Å².